The fourth-order valence-electron chi connectivity index (χ4n) is 2.45. The Bertz CT molecular complexity index is 848. The van der Waals surface area contributed by atoms with Crippen LogP contribution in [-0.4, -0.2) is 17.4 Å². The van der Waals surface area contributed by atoms with Gasteiger partial charge in [0.25, 0.3) is 5.91 Å². The molecule has 0 saturated carbocycles. The Morgan fingerprint density at radius 2 is 1.77 bits per heavy atom. The van der Waals surface area contributed by atoms with Crippen LogP contribution in [0.5, 0.6) is 5.75 Å². The van der Waals surface area contributed by atoms with Gasteiger partial charge in [-0.15, -0.1) is 0 Å². The first-order valence-electron chi connectivity index (χ1n) is 8.03. The van der Waals surface area contributed by atoms with Gasteiger partial charge in [0.2, 0.25) is 0 Å². The molecule has 0 aliphatic rings. The Hall–Kier alpha value is -3.15. The standard InChI is InChI=1S/C20H17F2NO3/c21-16-6-8-18(9-7-16)26-14-20(24)23(13-19-5-2-10-25-19)12-15-3-1-4-17(22)11-15/h1-11H,12-14H2. The number of halogens is 2. The molecule has 0 radical (unpaired) electrons. The van der Waals surface area contributed by atoms with E-state index in [-0.39, 0.29) is 37.2 Å². The maximum Gasteiger partial charge on any atom is 0.261 e. The van der Waals surface area contributed by atoms with Gasteiger partial charge in [-0.3, -0.25) is 4.79 Å². The van der Waals surface area contributed by atoms with Crippen molar-refractivity contribution in [1.29, 1.82) is 0 Å². The Morgan fingerprint density at radius 3 is 2.46 bits per heavy atom. The maximum atomic E-state index is 13.4. The highest BCUT2D eigenvalue weighted by Crippen LogP contribution is 2.14. The van der Waals surface area contributed by atoms with Crippen molar-refractivity contribution in [2.45, 2.75) is 13.1 Å². The quantitative estimate of drug-likeness (QED) is 0.637. The summed E-state index contributed by atoms with van der Waals surface area (Å²) in [6.45, 7) is 0.223. The van der Waals surface area contributed by atoms with E-state index in [9.17, 15) is 13.6 Å². The van der Waals surface area contributed by atoms with Crippen molar-refractivity contribution in [2.75, 3.05) is 6.61 Å². The number of benzene rings is 2. The average Bonchev–Trinajstić information content (AvgIpc) is 3.13. The summed E-state index contributed by atoms with van der Waals surface area (Å²) in [5.41, 5.74) is 0.659. The number of amides is 1. The molecule has 2 aromatic carbocycles. The van der Waals surface area contributed by atoms with E-state index in [1.54, 1.807) is 24.3 Å². The van der Waals surface area contributed by atoms with Gasteiger partial charge in [-0.2, -0.15) is 0 Å². The molecule has 0 bridgehead atoms. The van der Waals surface area contributed by atoms with Crippen LogP contribution in [0, 0.1) is 11.6 Å². The number of rotatable bonds is 7. The molecule has 6 heteroatoms. The zero-order valence-corrected chi connectivity index (χ0v) is 13.9. The Kier molecular flexibility index (Phi) is 5.63. The van der Waals surface area contributed by atoms with Crippen LogP contribution in [0.15, 0.2) is 71.3 Å². The molecular formula is C20H17F2NO3. The lowest BCUT2D eigenvalue weighted by Gasteiger charge is -2.22. The molecule has 0 fully saturated rings. The van der Waals surface area contributed by atoms with Gasteiger partial charge in [-0.25, -0.2) is 8.78 Å². The second-order valence-electron chi connectivity index (χ2n) is 5.70. The lowest BCUT2D eigenvalue weighted by atomic mass is 10.2. The number of ether oxygens (including phenoxy) is 1. The zero-order chi connectivity index (χ0) is 18.4. The molecule has 0 N–H and O–H groups in total. The number of carbonyl (C=O) groups is 1. The molecular weight excluding hydrogens is 340 g/mol. The molecule has 0 aliphatic heterocycles. The molecule has 0 unspecified atom stereocenters. The molecule has 4 nitrogen and oxygen atoms in total. The fraction of sp³-hybridized carbons (Fsp3) is 0.150. The van der Waals surface area contributed by atoms with E-state index in [1.807, 2.05) is 0 Å². The van der Waals surface area contributed by atoms with Crippen LogP contribution < -0.4 is 4.74 Å². The summed E-state index contributed by atoms with van der Waals surface area (Å²) in [5, 5.41) is 0. The largest absolute Gasteiger partial charge is 0.484 e. The van der Waals surface area contributed by atoms with Crippen molar-refractivity contribution >= 4 is 5.91 Å². The van der Waals surface area contributed by atoms with Crippen LogP contribution >= 0.6 is 0 Å². The molecule has 0 saturated heterocycles. The number of nitrogens with zero attached hydrogens (tertiary/aromatic N) is 1. The smallest absolute Gasteiger partial charge is 0.261 e. The number of hydrogen-bond donors (Lipinski definition) is 0. The lowest BCUT2D eigenvalue weighted by Crippen LogP contribution is -2.34. The van der Waals surface area contributed by atoms with E-state index in [0.717, 1.165) is 0 Å². The van der Waals surface area contributed by atoms with Crippen molar-refractivity contribution < 1.29 is 22.7 Å². The normalized spacial score (nSPS) is 10.5. The third-order valence-electron chi connectivity index (χ3n) is 3.72. The first kappa shape index (κ1) is 17.7. The van der Waals surface area contributed by atoms with Crippen LogP contribution in [-0.2, 0) is 17.9 Å². The molecule has 1 heterocycles. The highest BCUT2D eigenvalue weighted by molar-refractivity contribution is 5.77. The van der Waals surface area contributed by atoms with E-state index < -0.39 is 0 Å². The second kappa shape index (κ2) is 8.29. The third kappa shape index (κ3) is 4.92. The molecule has 0 aliphatic carbocycles. The van der Waals surface area contributed by atoms with Crippen molar-refractivity contribution in [3.63, 3.8) is 0 Å². The minimum Gasteiger partial charge on any atom is -0.484 e. The highest BCUT2D eigenvalue weighted by Gasteiger charge is 2.17. The van der Waals surface area contributed by atoms with Gasteiger partial charge in [-0.1, -0.05) is 12.1 Å². The summed E-state index contributed by atoms with van der Waals surface area (Å²) in [6.07, 6.45) is 1.52. The maximum absolute atomic E-state index is 13.4. The van der Waals surface area contributed by atoms with Gasteiger partial charge in [0.1, 0.15) is 23.1 Å². The first-order chi connectivity index (χ1) is 12.6. The monoisotopic (exact) mass is 357 g/mol. The van der Waals surface area contributed by atoms with Crippen LogP contribution in [0.1, 0.15) is 11.3 Å². The van der Waals surface area contributed by atoms with Crippen LogP contribution in [0.2, 0.25) is 0 Å². The van der Waals surface area contributed by atoms with Crippen molar-refractivity contribution in [1.82, 2.24) is 4.90 Å². The average molecular weight is 357 g/mol. The van der Waals surface area contributed by atoms with Gasteiger partial charge < -0.3 is 14.1 Å². The Morgan fingerprint density at radius 1 is 0.962 bits per heavy atom. The minimum absolute atomic E-state index is 0.212. The lowest BCUT2D eigenvalue weighted by molar-refractivity contribution is -0.134. The van der Waals surface area contributed by atoms with E-state index in [4.69, 9.17) is 9.15 Å². The molecule has 26 heavy (non-hydrogen) atoms. The summed E-state index contributed by atoms with van der Waals surface area (Å²) in [5.74, 6) is -0.0420. The molecule has 0 atom stereocenters. The van der Waals surface area contributed by atoms with Crippen molar-refractivity contribution in [3.05, 3.63) is 89.9 Å². The third-order valence-corrected chi connectivity index (χ3v) is 3.72. The molecule has 1 aromatic heterocycles. The topological polar surface area (TPSA) is 42.7 Å². The molecule has 1 amide bonds. The first-order valence-corrected chi connectivity index (χ1v) is 8.03. The van der Waals surface area contributed by atoms with Gasteiger partial charge >= 0.3 is 0 Å². The van der Waals surface area contributed by atoms with Crippen molar-refractivity contribution in [3.8, 4) is 5.75 Å². The zero-order valence-electron chi connectivity index (χ0n) is 13.9. The van der Waals surface area contributed by atoms with E-state index in [0.29, 0.717) is 17.1 Å². The number of hydrogen-bond acceptors (Lipinski definition) is 3. The molecule has 3 rings (SSSR count). The molecule has 134 valence electrons. The van der Waals surface area contributed by atoms with Crippen LogP contribution in [0.3, 0.4) is 0 Å². The minimum atomic E-state index is -0.380. The van der Waals surface area contributed by atoms with E-state index in [1.165, 1.54) is 47.6 Å². The summed E-state index contributed by atoms with van der Waals surface area (Å²) < 4.78 is 37.1. The highest BCUT2D eigenvalue weighted by atomic mass is 19.1. The van der Waals surface area contributed by atoms with Gasteiger partial charge in [-0.05, 0) is 54.1 Å². The summed E-state index contributed by atoms with van der Waals surface area (Å²) in [4.78, 5) is 14.1. The van der Waals surface area contributed by atoms with E-state index >= 15 is 0 Å². The number of carbonyl (C=O) groups excluding carboxylic acids is 1. The summed E-state index contributed by atoms with van der Waals surface area (Å²) in [6, 6.07) is 15.0. The Balaban J connectivity index is 1.68. The van der Waals surface area contributed by atoms with Gasteiger partial charge in [0, 0.05) is 6.54 Å². The van der Waals surface area contributed by atoms with Gasteiger partial charge in [0.05, 0.1) is 12.8 Å². The van der Waals surface area contributed by atoms with Crippen LogP contribution in [0.25, 0.3) is 0 Å². The summed E-state index contributed by atoms with van der Waals surface area (Å²) >= 11 is 0. The molecule has 3 aromatic rings. The molecule has 0 spiro atoms. The predicted octanol–water partition coefficient (Wildman–Crippen LogP) is 4.17. The number of furan rings is 1. The summed E-state index contributed by atoms with van der Waals surface area (Å²) in [7, 11) is 0. The second-order valence-corrected chi connectivity index (χ2v) is 5.70. The Labute approximate surface area is 149 Å². The van der Waals surface area contributed by atoms with E-state index in [2.05, 4.69) is 0 Å². The van der Waals surface area contributed by atoms with Crippen molar-refractivity contribution in [2.24, 2.45) is 0 Å². The predicted molar refractivity (Wildman–Crippen MR) is 91.3 cm³/mol. The van der Waals surface area contributed by atoms with Crippen LogP contribution in [0.4, 0.5) is 8.78 Å². The fourth-order valence-corrected chi connectivity index (χ4v) is 2.45. The SMILES string of the molecule is O=C(COc1ccc(F)cc1)N(Cc1cccc(F)c1)Cc1ccco1. The van der Waals surface area contributed by atoms with Gasteiger partial charge in [0.15, 0.2) is 6.61 Å².